The Morgan fingerprint density at radius 1 is 1.20 bits per heavy atom. The number of halogens is 2. The highest BCUT2D eigenvalue weighted by Gasteiger charge is 2.14. The number of hydrogen-bond donors (Lipinski definition) is 2. The van der Waals surface area contributed by atoms with Crippen molar-refractivity contribution in [3.63, 3.8) is 0 Å². The molecule has 2 aromatic carbocycles. The van der Waals surface area contributed by atoms with Crippen LogP contribution in [0, 0.1) is 19.7 Å². The van der Waals surface area contributed by atoms with E-state index in [-0.39, 0.29) is 11.9 Å². The van der Waals surface area contributed by atoms with Crippen LogP contribution in [-0.4, -0.2) is 0 Å². The highest BCUT2D eigenvalue weighted by molar-refractivity contribution is 9.10. The average Bonchev–Trinajstić information content (AvgIpc) is 2.44. The van der Waals surface area contributed by atoms with Gasteiger partial charge in [-0.1, -0.05) is 30.3 Å². The number of hydrazine groups is 1. The summed E-state index contributed by atoms with van der Waals surface area (Å²) in [6, 6.07) is 11.3. The van der Waals surface area contributed by atoms with Crippen LogP contribution in [0.25, 0.3) is 0 Å². The maximum absolute atomic E-state index is 13.6. The lowest BCUT2D eigenvalue weighted by atomic mass is 9.96. The van der Waals surface area contributed by atoms with Crippen LogP contribution in [-0.2, 0) is 6.42 Å². The first-order valence-corrected chi connectivity index (χ1v) is 7.28. The Labute approximate surface area is 127 Å². The van der Waals surface area contributed by atoms with E-state index in [9.17, 15) is 4.39 Å². The first kappa shape index (κ1) is 15.2. The zero-order chi connectivity index (χ0) is 14.7. The normalized spacial score (nSPS) is 12.4. The Balaban J connectivity index is 2.28. The molecule has 2 nitrogen and oxygen atoms in total. The number of hydrogen-bond acceptors (Lipinski definition) is 2. The average molecular weight is 337 g/mol. The summed E-state index contributed by atoms with van der Waals surface area (Å²) in [4.78, 5) is 0. The summed E-state index contributed by atoms with van der Waals surface area (Å²) in [6.07, 6.45) is 0.622. The first-order chi connectivity index (χ1) is 9.52. The molecule has 0 saturated heterocycles. The Morgan fingerprint density at radius 2 is 1.95 bits per heavy atom. The fourth-order valence-corrected chi connectivity index (χ4v) is 2.61. The van der Waals surface area contributed by atoms with Crippen molar-refractivity contribution >= 4 is 15.9 Å². The lowest BCUT2D eigenvalue weighted by Crippen LogP contribution is -2.29. The third-order valence-corrected chi connectivity index (χ3v) is 4.48. The van der Waals surface area contributed by atoms with Gasteiger partial charge in [-0.25, -0.2) is 4.39 Å². The van der Waals surface area contributed by atoms with Gasteiger partial charge in [0.15, 0.2) is 0 Å². The van der Waals surface area contributed by atoms with Gasteiger partial charge in [0.2, 0.25) is 0 Å². The van der Waals surface area contributed by atoms with E-state index in [4.69, 9.17) is 5.84 Å². The Bertz CT molecular complexity index is 613. The molecule has 1 unspecified atom stereocenters. The maximum atomic E-state index is 13.6. The molecular formula is C16H18BrFN2. The molecule has 20 heavy (non-hydrogen) atoms. The molecule has 0 aliphatic heterocycles. The van der Waals surface area contributed by atoms with Crippen LogP contribution >= 0.6 is 15.9 Å². The van der Waals surface area contributed by atoms with Crippen LogP contribution in [0.4, 0.5) is 4.39 Å². The second kappa shape index (κ2) is 6.48. The lowest BCUT2D eigenvalue weighted by Gasteiger charge is -2.18. The van der Waals surface area contributed by atoms with Gasteiger partial charge in [0, 0.05) is 0 Å². The van der Waals surface area contributed by atoms with E-state index >= 15 is 0 Å². The van der Waals surface area contributed by atoms with Crippen molar-refractivity contribution in [1.82, 2.24) is 5.43 Å². The van der Waals surface area contributed by atoms with Crippen molar-refractivity contribution in [3.05, 3.63) is 68.9 Å². The standard InChI is InChI=1S/C16H18BrFN2/c1-10-6-7-12(8-11(10)2)15(20-19)9-13-4-3-5-14(18)16(13)17/h3-8,15,20H,9,19H2,1-2H3. The fraction of sp³-hybridized carbons (Fsp3) is 0.250. The summed E-state index contributed by atoms with van der Waals surface area (Å²) >= 11 is 3.29. The number of nitrogens with one attached hydrogen (secondary N) is 1. The fourth-order valence-electron chi connectivity index (χ4n) is 2.18. The summed E-state index contributed by atoms with van der Waals surface area (Å²) in [7, 11) is 0. The van der Waals surface area contributed by atoms with Gasteiger partial charge in [-0.15, -0.1) is 0 Å². The highest BCUT2D eigenvalue weighted by Crippen LogP contribution is 2.26. The van der Waals surface area contributed by atoms with Crippen molar-refractivity contribution < 1.29 is 4.39 Å². The van der Waals surface area contributed by atoms with Gasteiger partial charge in [-0.3, -0.25) is 11.3 Å². The minimum Gasteiger partial charge on any atom is -0.271 e. The summed E-state index contributed by atoms with van der Waals surface area (Å²) < 4.78 is 14.1. The predicted molar refractivity (Wildman–Crippen MR) is 83.8 cm³/mol. The zero-order valence-electron chi connectivity index (χ0n) is 11.6. The van der Waals surface area contributed by atoms with Gasteiger partial charge in [0.1, 0.15) is 5.82 Å². The number of aryl methyl sites for hydroxylation is 2. The molecule has 3 N–H and O–H groups in total. The topological polar surface area (TPSA) is 38.0 Å². The highest BCUT2D eigenvalue weighted by atomic mass is 79.9. The molecule has 2 aromatic rings. The third-order valence-electron chi connectivity index (χ3n) is 3.59. The molecule has 0 aliphatic carbocycles. The molecule has 0 amide bonds. The van der Waals surface area contributed by atoms with E-state index in [1.54, 1.807) is 6.07 Å². The molecule has 0 heterocycles. The largest absolute Gasteiger partial charge is 0.271 e. The van der Waals surface area contributed by atoms with E-state index in [0.29, 0.717) is 10.9 Å². The summed E-state index contributed by atoms with van der Waals surface area (Å²) in [5.74, 6) is 5.42. The molecular weight excluding hydrogens is 319 g/mol. The maximum Gasteiger partial charge on any atom is 0.137 e. The Morgan fingerprint density at radius 3 is 2.60 bits per heavy atom. The van der Waals surface area contributed by atoms with Crippen LogP contribution in [0.3, 0.4) is 0 Å². The van der Waals surface area contributed by atoms with Crippen molar-refractivity contribution in [1.29, 1.82) is 0 Å². The van der Waals surface area contributed by atoms with E-state index in [0.717, 1.165) is 11.1 Å². The zero-order valence-corrected chi connectivity index (χ0v) is 13.2. The van der Waals surface area contributed by atoms with Gasteiger partial charge in [0.05, 0.1) is 10.5 Å². The van der Waals surface area contributed by atoms with E-state index in [1.165, 1.54) is 17.2 Å². The van der Waals surface area contributed by atoms with Crippen molar-refractivity contribution in [3.8, 4) is 0 Å². The number of nitrogens with two attached hydrogens (primary N) is 1. The summed E-state index contributed by atoms with van der Waals surface area (Å²) in [5.41, 5.74) is 7.28. The molecule has 0 fully saturated rings. The predicted octanol–water partition coefficient (Wildman–Crippen LogP) is 3.95. The molecule has 0 saturated carbocycles. The molecule has 0 aromatic heterocycles. The lowest BCUT2D eigenvalue weighted by molar-refractivity contribution is 0.546. The summed E-state index contributed by atoms with van der Waals surface area (Å²) in [6.45, 7) is 4.15. The molecule has 0 bridgehead atoms. The van der Waals surface area contributed by atoms with Gasteiger partial charge < -0.3 is 0 Å². The Hall–Kier alpha value is -1.23. The van der Waals surface area contributed by atoms with Gasteiger partial charge in [-0.05, 0) is 64.5 Å². The second-order valence-corrected chi connectivity index (χ2v) is 5.77. The van der Waals surface area contributed by atoms with E-state index in [1.807, 2.05) is 6.07 Å². The third kappa shape index (κ3) is 3.26. The van der Waals surface area contributed by atoms with Gasteiger partial charge in [-0.2, -0.15) is 0 Å². The first-order valence-electron chi connectivity index (χ1n) is 6.49. The summed E-state index contributed by atoms with van der Waals surface area (Å²) in [5, 5.41) is 0. The smallest absolute Gasteiger partial charge is 0.137 e. The quantitative estimate of drug-likeness (QED) is 0.655. The molecule has 1 atom stereocenters. The molecule has 0 spiro atoms. The van der Waals surface area contributed by atoms with Crippen LogP contribution in [0.5, 0.6) is 0 Å². The second-order valence-electron chi connectivity index (χ2n) is 4.98. The Kier molecular flexibility index (Phi) is 4.91. The van der Waals surface area contributed by atoms with Crippen LogP contribution in [0.2, 0.25) is 0 Å². The molecule has 0 aliphatic rings. The van der Waals surface area contributed by atoms with Crippen molar-refractivity contribution in [2.75, 3.05) is 0 Å². The minimum absolute atomic E-state index is 0.0487. The van der Waals surface area contributed by atoms with Crippen molar-refractivity contribution in [2.45, 2.75) is 26.3 Å². The van der Waals surface area contributed by atoms with E-state index in [2.05, 4.69) is 53.4 Å². The van der Waals surface area contributed by atoms with Gasteiger partial charge in [0.25, 0.3) is 0 Å². The molecule has 106 valence electrons. The van der Waals surface area contributed by atoms with Crippen LogP contribution in [0.15, 0.2) is 40.9 Å². The molecule has 2 rings (SSSR count). The van der Waals surface area contributed by atoms with Crippen molar-refractivity contribution in [2.24, 2.45) is 5.84 Å². The van der Waals surface area contributed by atoms with Crippen LogP contribution in [0.1, 0.15) is 28.3 Å². The number of rotatable bonds is 4. The van der Waals surface area contributed by atoms with Crippen LogP contribution < -0.4 is 11.3 Å². The SMILES string of the molecule is Cc1ccc(C(Cc2cccc(F)c2Br)NN)cc1C. The monoisotopic (exact) mass is 336 g/mol. The molecule has 4 heteroatoms. The van der Waals surface area contributed by atoms with Gasteiger partial charge >= 0.3 is 0 Å². The minimum atomic E-state index is -0.252. The molecule has 0 radical (unpaired) electrons. The van der Waals surface area contributed by atoms with E-state index < -0.39 is 0 Å². The number of benzene rings is 2.